The van der Waals surface area contributed by atoms with Crippen LogP contribution in [0.25, 0.3) is 0 Å². The van der Waals surface area contributed by atoms with Gasteiger partial charge in [0.2, 0.25) is 0 Å². The SMILES string of the molecule is [2H]C([2H])([2H])Oc1cc2c(cc1OC([2H])([2H])[2H])C1CC(=O)C(C([2H])([2H])C([2H])(C([2H])([2H])[2H])C([2H])([2H])C)CN1CC2. The fraction of sp³-hybridized carbons (Fsp3) is 0.650. The standard InChI is InChI=1S/C20H29NO3/c1-5-13(2)8-15-12-21-7-6-14-9-19(23-3)20(24-4)10-16(14)17(21)11-18(15)22/h9-10,13,15,17H,5-8,11-12H2,1-4H3/i2D3,3D3,4D3,5D2,8D2,13D. The Morgan fingerprint density at radius 1 is 1.42 bits per heavy atom. The van der Waals surface area contributed by atoms with Crippen LogP contribution >= 0.6 is 0 Å². The number of benzene rings is 1. The highest BCUT2D eigenvalue weighted by molar-refractivity contribution is 5.83. The second-order valence-corrected chi connectivity index (χ2v) is 5.95. The van der Waals surface area contributed by atoms with Crippen LogP contribution in [-0.2, 0) is 11.2 Å². The molecule has 0 amide bonds. The molecule has 2 aliphatic heterocycles. The van der Waals surface area contributed by atoms with Crippen molar-refractivity contribution in [2.75, 3.05) is 27.2 Å². The summed E-state index contributed by atoms with van der Waals surface area (Å²) in [6.45, 7) is -2.63. The Hall–Kier alpha value is -1.55. The molecule has 4 nitrogen and oxygen atoms in total. The van der Waals surface area contributed by atoms with Crippen molar-refractivity contribution in [3.8, 4) is 11.5 Å². The van der Waals surface area contributed by atoms with E-state index in [0.29, 0.717) is 11.1 Å². The summed E-state index contributed by atoms with van der Waals surface area (Å²) < 4.78 is 119. The minimum absolute atomic E-state index is 0.252. The van der Waals surface area contributed by atoms with Crippen molar-refractivity contribution in [3.05, 3.63) is 23.3 Å². The molecule has 2 heterocycles. The molecular formula is C20H29NO3. The monoisotopic (exact) mass is 345 g/mol. The molecule has 3 unspecified atom stereocenters. The second-order valence-electron chi connectivity index (χ2n) is 5.95. The molecule has 0 radical (unpaired) electrons. The highest BCUT2D eigenvalue weighted by Crippen LogP contribution is 2.42. The fourth-order valence-electron chi connectivity index (χ4n) is 3.42. The lowest BCUT2D eigenvalue weighted by Gasteiger charge is -2.43. The Morgan fingerprint density at radius 3 is 2.92 bits per heavy atom. The molecule has 4 heteroatoms. The van der Waals surface area contributed by atoms with Gasteiger partial charge in [-0.1, -0.05) is 20.1 Å². The number of Topliss-reactive ketones (excluding diaryl/α,β-unsaturated/α-hetero) is 1. The fourth-order valence-corrected chi connectivity index (χ4v) is 3.42. The molecule has 1 saturated heterocycles. The first-order valence-electron chi connectivity index (χ1n) is 14.7. The Labute approximate surface area is 164 Å². The van der Waals surface area contributed by atoms with Gasteiger partial charge >= 0.3 is 0 Å². The molecule has 1 aromatic carbocycles. The van der Waals surface area contributed by atoms with E-state index >= 15 is 0 Å². The molecule has 1 fully saturated rings. The third-order valence-electron chi connectivity index (χ3n) is 4.66. The zero-order chi connectivity index (χ0) is 29.3. The number of carbonyl (C=O) groups excluding carboxylic acids is 1. The highest BCUT2D eigenvalue weighted by Gasteiger charge is 2.38. The first-order valence-corrected chi connectivity index (χ1v) is 7.71. The maximum Gasteiger partial charge on any atom is 0.161 e. The summed E-state index contributed by atoms with van der Waals surface area (Å²) in [7, 11) is -5.83. The Balaban J connectivity index is 2.02. The first-order chi connectivity index (χ1) is 16.9. The van der Waals surface area contributed by atoms with Crippen LogP contribution in [0.2, 0.25) is 0 Å². The van der Waals surface area contributed by atoms with Gasteiger partial charge in [0.05, 0.1) is 22.3 Å². The minimum atomic E-state index is -3.39. The van der Waals surface area contributed by atoms with Gasteiger partial charge in [0.25, 0.3) is 0 Å². The molecule has 0 N–H and O–H groups in total. The van der Waals surface area contributed by atoms with E-state index in [1.165, 1.54) is 12.1 Å². The molecule has 0 spiro atoms. The number of ether oxygens (including phenoxy) is 2. The van der Waals surface area contributed by atoms with Gasteiger partial charge in [-0.2, -0.15) is 0 Å². The number of fused-ring (bicyclic) bond motifs is 3. The summed E-state index contributed by atoms with van der Waals surface area (Å²) in [6.07, 6.45) is -5.95. The van der Waals surface area contributed by atoms with E-state index in [4.69, 9.17) is 28.7 Å². The predicted molar refractivity (Wildman–Crippen MR) is 94.8 cm³/mol. The van der Waals surface area contributed by atoms with E-state index in [-0.39, 0.29) is 37.4 Å². The molecule has 2 aliphatic rings. The number of ketones is 1. The third kappa shape index (κ3) is 3.16. The zero-order valence-electron chi connectivity index (χ0n) is 27.3. The lowest BCUT2D eigenvalue weighted by molar-refractivity contribution is -0.129. The van der Waals surface area contributed by atoms with Gasteiger partial charge in [-0.25, -0.2) is 0 Å². The van der Waals surface area contributed by atoms with Gasteiger partial charge in [0.15, 0.2) is 11.5 Å². The van der Waals surface area contributed by atoms with Crippen LogP contribution in [0.3, 0.4) is 0 Å². The first kappa shape index (κ1) is 6.99. The Morgan fingerprint density at radius 2 is 2.21 bits per heavy atom. The smallest absolute Gasteiger partial charge is 0.161 e. The van der Waals surface area contributed by atoms with Crippen LogP contribution in [0.15, 0.2) is 12.1 Å². The van der Waals surface area contributed by atoms with Gasteiger partial charge in [-0.3, -0.25) is 9.69 Å². The molecule has 0 saturated carbocycles. The summed E-state index contributed by atoms with van der Waals surface area (Å²) in [6, 6.07) is 1.93. The van der Waals surface area contributed by atoms with Crippen LogP contribution < -0.4 is 9.47 Å². The molecule has 132 valence electrons. The van der Waals surface area contributed by atoms with Crippen LogP contribution in [0, 0.1) is 11.8 Å². The average molecular weight is 346 g/mol. The summed E-state index contributed by atoms with van der Waals surface area (Å²) in [5.41, 5.74) is 1.01. The maximum atomic E-state index is 13.3. The lowest BCUT2D eigenvalue weighted by atomic mass is 9.79. The van der Waals surface area contributed by atoms with Crippen molar-refractivity contribution >= 4 is 5.78 Å². The van der Waals surface area contributed by atoms with Gasteiger partial charge < -0.3 is 9.47 Å². The molecule has 24 heavy (non-hydrogen) atoms. The summed E-state index contributed by atoms with van der Waals surface area (Å²) >= 11 is 0. The molecule has 3 atom stereocenters. The number of carbonyl (C=O) groups is 1. The van der Waals surface area contributed by atoms with Crippen molar-refractivity contribution < 1.29 is 33.5 Å². The Kier molecular flexibility index (Phi) is 2.08. The van der Waals surface area contributed by atoms with Gasteiger partial charge in [-0.05, 0) is 41.9 Å². The van der Waals surface area contributed by atoms with Crippen LogP contribution in [-0.4, -0.2) is 37.8 Å². The predicted octanol–water partition coefficient (Wildman–Crippen LogP) is 3.63. The molecule has 0 aliphatic carbocycles. The average Bonchev–Trinajstić information content (AvgIpc) is 2.69. The van der Waals surface area contributed by atoms with Crippen LogP contribution in [0.4, 0.5) is 0 Å². The van der Waals surface area contributed by atoms with E-state index in [9.17, 15) is 4.79 Å². The zero-order valence-corrected chi connectivity index (χ0v) is 13.3. The van der Waals surface area contributed by atoms with E-state index < -0.39 is 57.3 Å². The number of nitrogens with zero attached hydrogens (tertiary/aromatic N) is 1. The lowest BCUT2D eigenvalue weighted by Crippen LogP contribution is -2.46. The van der Waals surface area contributed by atoms with Crippen molar-refractivity contribution in [3.63, 3.8) is 0 Å². The normalized spacial score (nSPS) is 37.6. The number of hydrogen-bond acceptors (Lipinski definition) is 4. The van der Waals surface area contributed by atoms with E-state index in [2.05, 4.69) is 0 Å². The van der Waals surface area contributed by atoms with E-state index in [1.807, 2.05) is 0 Å². The third-order valence-corrected chi connectivity index (χ3v) is 4.66. The highest BCUT2D eigenvalue weighted by atomic mass is 16.5. The topological polar surface area (TPSA) is 38.8 Å². The molecule has 0 bridgehead atoms. The molecule has 3 rings (SSSR count). The van der Waals surface area contributed by atoms with Gasteiger partial charge in [0.1, 0.15) is 5.78 Å². The number of methoxy groups -OCH3 is 2. The molecule has 0 aromatic heterocycles. The van der Waals surface area contributed by atoms with E-state index in [1.54, 1.807) is 4.90 Å². The van der Waals surface area contributed by atoms with Gasteiger partial charge in [-0.15, -0.1) is 0 Å². The molecule has 1 aromatic rings. The van der Waals surface area contributed by atoms with E-state index in [0.717, 1.165) is 6.92 Å². The summed E-state index contributed by atoms with van der Waals surface area (Å²) in [5.74, 6) is -6.28. The second kappa shape index (κ2) is 7.14. The van der Waals surface area contributed by atoms with Crippen molar-refractivity contribution in [1.82, 2.24) is 4.90 Å². The molecular weight excluding hydrogens is 302 g/mol. The largest absolute Gasteiger partial charge is 0.493 e. The maximum absolute atomic E-state index is 13.3. The van der Waals surface area contributed by atoms with Crippen LogP contribution in [0.5, 0.6) is 11.5 Å². The van der Waals surface area contributed by atoms with Gasteiger partial charge in [0, 0.05) is 42.4 Å². The van der Waals surface area contributed by atoms with Crippen LogP contribution in [0.1, 0.15) is 69.3 Å². The quantitative estimate of drug-likeness (QED) is 0.817. The number of hydrogen-bond donors (Lipinski definition) is 0. The van der Waals surface area contributed by atoms with Crippen molar-refractivity contribution in [2.45, 2.75) is 45.4 Å². The number of piperidine rings is 1. The minimum Gasteiger partial charge on any atom is -0.493 e. The summed E-state index contributed by atoms with van der Waals surface area (Å²) in [5, 5.41) is 0. The van der Waals surface area contributed by atoms with Crippen molar-refractivity contribution in [2.24, 2.45) is 11.8 Å². The van der Waals surface area contributed by atoms with Crippen molar-refractivity contribution in [1.29, 1.82) is 0 Å². The number of rotatable bonds is 5. The summed E-state index contributed by atoms with van der Waals surface area (Å²) in [4.78, 5) is 15.0. The Bertz CT molecular complexity index is 1060.